The van der Waals surface area contributed by atoms with E-state index in [1.165, 1.54) is 11.3 Å². The van der Waals surface area contributed by atoms with Gasteiger partial charge in [-0.05, 0) is 55.3 Å². The molecule has 2 atom stereocenters. The van der Waals surface area contributed by atoms with Crippen LogP contribution in [0.25, 0.3) is 0 Å². The lowest BCUT2D eigenvalue weighted by Gasteiger charge is -2.14. The molecule has 19 heavy (non-hydrogen) atoms. The van der Waals surface area contributed by atoms with Gasteiger partial charge in [0.1, 0.15) is 0 Å². The second-order valence-electron chi connectivity index (χ2n) is 5.07. The van der Waals surface area contributed by atoms with E-state index in [1.54, 1.807) is 11.3 Å². The maximum atomic E-state index is 4.68. The van der Waals surface area contributed by atoms with Crippen molar-refractivity contribution in [2.45, 2.75) is 45.2 Å². The highest BCUT2D eigenvalue weighted by Crippen LogP contribution is 2.13. The highest BCUT2D eigenvalue weighted by atomic mass is 32.1. The van der Waals surface area contributed by atoms with Crippen molar-refractivity contribution >= 4 is 11.3 Å². The van der Waals surface area contributed by atoms with Gasteiger partial charge < -0.3 is 5.32 Å². The normalized spacial score (nSPS) is 14.5. The Hall–Kier alpha value is -1.13. The van der Waals surface area contributed by atoms with Gasteiger partial charge in [-0.3, -0.25) is 4.68 Å². The summed E-state index contributed by atoms with van der Waals surface area (Å²) < 4.78 is 2.08. The van der Waals surface area contributed by atoms with Crippen LogP contribution in [-0.4, -0.2) is 22.9 Å². The SMILES string of the molecule is CCC(C)n1ccc(CC(Cc2ccsc2)NC)n1. The molecule has 1 N–H and O–H groups in total. The molecule has 2 unspecified atom stereocenters. The van der Waals surface area contributed by atoms with Crippen molar-refractivity contribution in [3.63, 3.8) is 0 Å². The minimum absolute atomic E-state index is 0.454. The van der Waals surface area contributed by atoms with Crippen LogP contribution < -0.4 is 5.32 Å². The lowest BCUT2D eigenvalue weighted by Crippen LogP contribution is -2.30. The zero-order valence-electron chi connectivity index (χ0n) is 12.0. The Morgan fingerprint density at radius 2 is 2.21 bits per heavy atom. The molecule has 0 aliphatic heterocycles. The van der Waals surface area contributed by atoms with Crippen LogP contribution in [0.1, 0.15) is 37.6 Å². The summed E-state index contributed by atoms with van der Waals surface area (Å²) >= 11 is 1.76. The van der Waals surface area contributed by atoms with Gasteiger partial charge in [0.05, 0.1) is 5.69 Å². The van der Waals surface area contributed by atoms with E-state index in [4.69, 9.17) is 0 Å². The van der Waals surface area contributed by atoms with Crippen molar-refractivity contribution in [2.24, 2.45) is 0 Å². The Bertz CT molecular complexity index is 475. The van der Waals surface area contributed by atoms with Crippen molar-refractivity contribution in [3.05, 3.63) is 40.3 Å². The van der Waals surface area contributed by atoms with Crippen molar-refractivity contribution in [1.29, 1.82) is 0 Å². The quantitative estimate of drug-likeness (QED) is 0.841. The average molecular weight is 277 g/mol. The molecule has 0 amide bonds. The molecule has 0 saturated heterocycles. The van der Waals surface area contributed by atoms with E-state index in [0.29, 0.717) is 12.1 Å². The number of aromatic nitrogens is 2. The van der Waals surface area contributed by atoms with Gasteiger partial charge >= 0.3 is 0 Å². The van der Waals surface area contributed by atoms with Gasteiger partial charge in [-0.1, -0.05) is 6.92 Å². The molecule has 0 radical (unpaired) electrons. The van der Waals surface area contributed by atoms with Crippen LogP contribution in [0.5, 0.6) is 0 Å². The zero-order valence-corrected chi connectivity index (χ0v) is 12.8. The molecule has 0 bridgehead atoms. The predicted octanol–water partition coefficient (Wildman–Crippen LogP) is 3.29. The van der Waals surface area contributed by atoms with Gasteiger partial charge in [0.15, 0.2) is 0 Å². The van der Waals surface area contributed by atoms with E-state index in [9.17, 15) is 0 Å². The van der Waals surface area contributed by atoms with Crippen LogP contribution in [0, 0.1) is 0 Å². The molecule has 0 spiro atoms. The third-order valence-electron chi connectivity index (χ3n) is 3.63. The second-order valence-corrected chi connectivity index (χ2v) is 5.85. The summed E-state index contributed by atoms with van der Waals surface area (Å²) in [5, 5.41) is 12.4. The van der Waals surface area contributed by atoms with Crippen molar-refractivity contribution < 1.29 is 0 Å². The largest absolute Gasteiger partial charge is 0.316 e. The molecule has 2 rings (SSSR count). The van der Waals surface area contributed by atoms with E-state index >= 15 is 0 Å². The van der Waals surface area contributed by atoms with E-state index in [0.717, 1.165) is 19.3 Å². The molecular formula is C15H23N3S. The van der Waals surface area contributed by atoms with Gasteiger partial charge in [-0.2, -0.15) is 16.4 Å². The number of nitrogens with one attached hydrogen (secondary N) is 1. The molecular weight excluding hydrogens is 254 g/mol. The maximum Gasteiger partial charge on any atom is 0.0640 e. The number of likely N-dealkylation sites (N-methyl/N-ethyl adjacent to an activating group) is 1. The Labute approximate surface area is 119 Å². The van der Waals surface area contributed by atoms with Crippen LogP contribution in [0.2, 0.25) is 0 Å². The molecule has 2 aromatic rings. The molecule has 104 valence electrons. The molecule has 0 saturated carbocycles. The van der Waals surface area contributed by atoms with Crippen LogP contribution >= 0.6 is 11.3 Å². The fourth-order valence-corrected chi connectivity index (χ4v) is 2.82. The molecule has 0 fully saturated rings. The predicted molar refractivity (Wildman–Crippen MR) is 81.8 cm³/mol. The molecule has 4 heteroatoms. The summed E-state index contributed by atoms with van der Waals surface area (Å²) in [4.78, 5) is 0. The monoisotopic (exact) mass is 277 g/mol. The Morgan fingerprint density at radius 3 is 2.84 bits per heavy atom. The van der Waals surface area contributed by atoms with E-state index in [-0.39, 0.29) is 0 Å². The first kappa shape index (κ1) is 14.3. The minimum Gasteiger partial charge on any atom is -0.316 e. The van der Waals surface area contributed by atoms with Crippen LogP contribution in [0.3, 0.4) is 0 Å². The lowest BCUT2D eigenvalue weighted by atomic mass is 10.0. The van der Waals surface area contributed by atoms with Crippen LogP contribution in [0.15, 0.2) is 29.1 Å². The molecule has 0 aliphatic carbocycles. The Kier molecular flexibility index (Phi) is 5.16. The lowest BCUT2D eigenvalue weighted by molar-refractivity contribution is 0.467. The van der Waals surface area contributed by atoms with Gasteiger partial charge in [-0.25, -0.2) is 0 Å². The maximum absolute atomic E-state index is 4.68. The Balaban J connectivity index is 1.96. The van der Waals surface area contributed by atoms with E-state index in [1.807, 2.05) is 7.05 Å². The van der Waals surface area contributed by atoms with Gasteiger partial charge in [0.2, 0.25) is 0 Å². The van der Waals surface area contributed by atoms with Crippen LogP contribution in [0.4, 0.5) is 0 Å². The first-order chi connectivity index (χ1) is 9.22. The molecule has 0 aromatic carbocycles. The first-order valence-electron chi connectivity index (χ1n) is 6.95. The van der Waals surface area contributed by atoms with Gasteiger partial charge in [-0.15, -0.1) is 0 Å². The molecule has 2 heterocycles. The van der Waals surface area contributed by atoms with E-state index < -0.39 is 0 Å². The van der Waals surface area contributed by atoms with Crippen molar-refractivity contribution in [3.8, 4) is 0 Å². The van der Waals surface area contributed by atoms with Crippen molar-refractivity contribution in [1.82, 2.24) is 15.1 Å². The van der Waals surface area contributed by atoms with Crippen LogP contribution in [-0.2, 0) is 12.8 Å². The summed E-state index contributed by atoms with van der Waals surface area (Å²) in [5.41, 5.74) is 2.58. The zero-order chi connectivity index (χ0) is 13.7. The highest BCUT2D eigenvalue weighted by Gasteiger charge is 2.12. The number of nitrogens with zero attached hydrogens (tertiary/aromatic N) is 2. The summed E-state index contributed by atoms with van der Waals surface area (Å²) in [6.45, 7) is 4.40. The van der Waals surface area contributed by atoms with E-state index in [2.05, 4.69) is 58.0 Å². The summed E-state index contributed by atoms with van der Waals surface area (Å²) in [5.74, 6) is 0. The first-order valence-corrected chi connectivity index (χ1v) is 7.89. The van der Waals surface area contributed by atoms with Gasteiger partial charge in [0.25, 0.3) is 0 Å². The Morgan fingerprint density at radius 1 is 1.37 bits per heavy atom. The summed E-state index contributed by atoms with van der Waals surface area (Å²) in [6.07, 6.45) is 5.26. The molecule has 3 nitrogen and oxygen atoms in total. The summed E-state index contributed by atoms with van der Waals surface area (Å²) in [6, 6.07) is 5.28. The third kappa shape index (κ3) is 3.91. The standard InChI is InChI=1S/C15H23N3S/c1-4-12(2)18-7-5-14(17-18)10-15(16-3)9-13-6-8-19-11-13/h5-8,11-12,15-16H,4,9-10H2,1-3H3. The number of rotatable bonds is 7. The average Bonchev–Trinajstić information content (AvgIpc) is 3.08. The highest BCUT2D eigenvalue weighted by molar-refractivity contribution is 7.07. The molecule has 2 aromatic heterocycles. The van der Waals surface area contributed by atoms with Gasteiger partial charge in [0, 0.05) is 24.7 Å². The fourth-order valence-electron chi connectivity index (χ4n) is 2.14. The second kappa shape index (κ2) is 6.87. The third-order valence-corrected chi connectivity index (χ3v) is 4.36. The fraction of sp³-hybridized carbons (Fsp3) is 0.533. The number of thiophene rings is 1. The molecule has 0 aliphatic rings. The topological polar surface area (TPSA) is 29.9 Å². The van der Waals surface area contributed by atoms with Crippen molar-refractivity contribution in [2.75, 3.05) is 7.05 Å². The number of hydrogen-bond donors (Lipinski definition) is 1. The summed E-state index contributed by atoms with van der Waals surface area (Å²) in [7, 11) is 2.03. The number of hydrogen-bond acceptors (Lipinski definition) is 3. The smallest absolute Gasteiger partial charge is 0.0640 e. The minimum atomic E-state index is 0.454.